The maximum Gasteiger partial charge on any atom is 0.227 e. The molecule has 0 spiro atoms. The molecule has 0 bridgehead atoms. The van der Waals surface area contributed by atoms with Crippen LogP contribution in [0.2, 0.25) is 0 Å². The second-order valence-electron chi connectivity index (χ2n) is 6.57. The summed E-state index contributed by atoms with van der Waals surface area (Å²) in [5.74, 6) is 0.955. The Bertz CT molecular complexity index is 786. The molecular formula is C20H28IN5O. The highest BCUT2D eigenvalue weighted by Gasteiger charge is 2.23. The number of aromatic nitrogens is 1. The van der Waals surface area contributed by atoms with E-state index in [-0.39, 0.29) is 29.9 Å². The average molecular weight is 481 g/mol. The van der Waals surface area contributed by atoms with E-state index >= 15 is 0 Å². The molecule has 2 heterocycles. The molecule has 2 N–H and O–H groups in total. The summed E-state index contributed by atoms with van der Waals surface area (Å²) in [5.41, 5.74) is 3.55. The maximum absolute atomic E-state index is 12.5. The number of aryl methyl sites for hydroxylation is 1. The largest absolute Gasteiger partial charge is 0.357 e. The number of halogens is 1. The van der Waals surface area contributed by atoms with E-state index in [2.05, 4.69) is 34.0 Å². The van der Waals surface area contributed by atoms with Crippen molar-refractivity contribution >= 4 is 41.5 Å². The van der Waals surface area contributed by atoms with Crippen molar-refractivity contribution in [2.24, 2.45) is 12.0 Å². The molecule has 0 aliphatic carbocycles. The summed E-state index contributed by atoms with van der Waals surface area (Å²) in [6.45, 7) is 2.24. The van der Waals surface area contributed by atoms with Gasteiger partial charge >= 0.3 is 0 Å². The van der Waals surface area contributed by atoms with E-state index in [1.54, 1.807) is 7.05 Å². The van der Waals surface area contributed by atoms with Crippen LogP contribution in [0.1, 0.15) is 24.0 Å². The summed E-state index contributed by atoms with van der Waals surface area (Å²) in [4.78, 5) is 18.6. The molecule has 0 fully saturated rings. The summed E-state index contributed by atoms with van der Waals surface area (Å²) in [5, 5.41) is 6.56. The highest BCUT2D eigenvalue weighted by molar-refractivity contribution is 14.0. The molecule has 0 radical (unpaired) electrons. The molecule has 6 nitrogen and oxygen atoms in total. The van der Waals surface area contributed by atoms with Gasteiger partial charge in [0.1, 0.15) is 0 Å². The zero-order valence-electron chi connectivity index (χ0n) is 15.9. The van der Waals surface area contributed by atoms with Crippen molar-refractivity contribution in [3.8, 4) is 0 Å². The molecule has 1 aliphatic rings. The standard InChI is InChI=1S/C20H27N5O.HI/c1-21-20(23-14-16-9-12-24(2)15-16)22-11-5-8-19(26)25-13-10-17-6-3-4-7-18(17)25;/h3-4,6-7,9,12,15H,5,8,10-11,13-14H2,1-2H3,(H2,21,22,23);1H. The first-order valence-electron chi connectivity index (χ1n) is 9.11. The van der Waals surface area contributed by atoms with Gasteiger partial charge in [0, 0.05) is 58.2 Å². The van der Waals surface area contributed by atoms with Crippen molar-refractivity contribution in [1.82, 2.24) is 15.2 Å². The number of benzene rings is 1. The zero-order valence-corrected chi connectivity index (χ0v) is 18.3. The van der Waals surface area contributed by atoms with E-state index in [0.29, 0.717) is 6.42 Å². The van der Waals surface area contributed by atoms with Crippen LogP contribution in [0.25, 0.3) is 0 Å². The van der Waals surface area contributed by atoms with Gasteiger partial charge in [-0.3, -0.25) is 9.79 Å². The van der Waals surface area contributed by atoms with Crippen molar-refractivity contribution in [2.45, 2.75) is 25.8 Å². The minimum Gasteiger partial charge on any atom is -0.357 e. The number of rotatable bonds is 6. The number of carbonyl (C=O) groups excluding carboxylic acids is 1. The third-order valence-corrected chi connectivity index (χ3v) is 4.62. The summed E-state index contributed by atoms with van der Waals surface area (Å²) < 4.78 is 2.02. The second-order valence-corrected chi connectivity index (χ2v) is 6.57. The van der Waals surface area contributed by atoms with Crippen LogP contribution < -0.4 is 15.5 Å². The Morgan fingerprint density at radius 2 is 2.04 bits per heavy atom. The molecule has 1 amide bonds. The Balaban J connectivity index is 0.00000261. The molecule has 7 heteroatoms. The Morgan fingerprint density at radius 1 is 1.22 bits per heavy atom. The van der Waals surface area contributed by atoms with E-state index < -0.39 is 0 Å². The molecule has 3 rings (SSSR count). The van der Waals surface area contributed by atoms with Gasteiger partial charge in [-0.25, -0.2) is 0 Å². The minimum atomic E-state index is 0. The molecule has 1 aromatic carbocycles. The molecule has 2 aromatic rings. The third kappa shape index (κ3) is 5.72. The summed E-state index contributed by atoms with van der Waals surface area (Å²) in [6.07, 6.45) is 6.37. The number of anilines is 1. The smallest absolute Gasteiger partial charge is 0.227 e. The second kappa shape index (κ2) is 10.3. The van der Waals surface area contributed by atoms with Crippen LogP contribution in [0.4, 0.5) is 5.69 Å². The number of amides is 1. The number of fused-ring (bicyclic) bond motifs is 1. The van der Waals surface area contributed by atoms with Gasteiger partial charge in [-0.2, -0.15) is 0 Å². The van der Waals surface area contributed by atoms with E-state index in [9.17, 15) is 4.79 Å². The normalized spacial score (nSPS) is 13.1. The lowest BCUT2D eigenvalue weighted by Crippen LogP contribution is -2.37. The monoisotopic (exact) mass is 481 g/mol. The lowest BCUT2D eigenvalue weighted by molar-refractivity contribution is -0.118. The van der Waals surface area contributed by atoms with E-state index in [1.165, 1.54) is 11.1 Å². The fraction of sp³-hybridized carbons (Fsp3) is 0.400. The predicted octanol–water partition coefficient (Wildman–Crippen LogP) is 2.68. The summed E-state index contributed by atoms with van der Waals surface area (Å²) >= 11 is 0. The number of aliphatic imine (C=N–C) groups is 1. The summed E-state index contributed by atoms with van der Waals surface area (Å²) in [7, 11) is 3.76. The predicted molar refractivity (Wildman–Crippen MR) is 121 cm³/mol. The Labute approximate surface area is 178 Å². The van der Waals surface area contributed by atoms with Crippen LogP contribution in [0.3, 0.4) is 0 Å². The molecule has 0 saturated heterocycles. The van der Waals surface area contributed by atoms with Gasteiger partial charge < -0.3 is 20.1 Å². The average Bonchev–Trinajstić information content (AvgIpc) is 3.27. The van der Waals surface area contributed by atoms with Crippen molar-refractivity contribution in [3.05, 3.63) is 53.9 Å². The minimum absolute atomic E-state index is 0. The van der Waals surface area contributed by atoms with Crippen LogP contribution in [-0.4, -0.2) is 36.6 Å². The highest BCUT2D eigenvalue weighted by atomic mass is 127. The zero-order chi connectivity index (χ0) is 18.4. The molecule has 0 unspecified atom stereocenters. The Morgan fingerprint density at radius 3 is 2.78 bits per heavy atom. The van der Waals surface area contributed by atoms with Crippen molar-refractivity contribution in [2.75, 3.05) is 25.0 Å². The summed E-state index contributed by atoms with van der Waals surface area (Å²) in [6, 6.07) is 10.2. The molecule has 1 aliphatic heterocycles. The van der Waals surface area contributed by atoms with E-state index in [1.807, 2.05) is 40.9 Å². The number of guanidine groups is 1. The van der Waals surface area contributed by atoms with Gasteiger partial charge in [-0.15, -0.1) is 24.0 Å². The molecular weight excluding hydrogens is 453 g/mol. The van der Waals surface area contributed by atoms with Crippen LogP contribution in [-0.2, 0) is 24.8 Å². The first-order valence-corrected chi connectivity index (χ1v) is 9.11. The van der Waals surface area contributed by atoms with Crippen molar-refractivity contribution in [1.29, 1.82) is 0 Å². The van der Waals surface area contributed by atoms with Crippen LogP contribution in [0.15, 0.2) is 47.7 Å². The van der Waals surface area contributed by atoms with Crippen LogP contribution in [0.5, 0.6) is 0 Å². The SMILES string of the molecule is CN=C(NCCCC(=O)N1CCc2ccccc21)NCc1ccn(C)c1.I. The lowest BCUT2D eigenvalue weighted by atomic mass is 10.2. The van der Waals surface area contributed by atoms with Gasteiger partial charge in [0.15, 0.2) is 5.96 Å². The van der Waals surface area contributed by atoms with E-state index in [4.69, 9.17) is 0 Å². The van der Waals surface area contributed by atoms with Gasteiger partial charge in [0.05, 0.1) is 0 Å². The lowest BCUT2D eigenvalue weighted by Gasteiger charge is -2.17. The first-order chi connectivity index (χ1) is 12.7. The fourth-order valence-corrected chi connectivity index (χ4v) is 3.25. The van der Waals surface area contributed by atoms with Crippen molar-refractivity contribution in [3.63, 3.8) is 0 Å². The number of nitrogens with one attached hydrogen (secondary N) is 2. The Kier molecular flexibility index (Phi) is 8.15. The molecule has 27 heavy (non-hydrogen) atoms. The quantitative estimate of drug-likeness (QED) is 0.289. The van der Waals surface area contributed by atoms with Gasteiger partial charge in [0.2, 0.25) is 5.91 Å². The van der Waals surface area contributed by atoms with E-state index in [0.717, 1.165) is 44.1 Å². The number of hydrogen-bond donors (Lipinski definition) is 2. The number of para-hydroxylation sites is 1. The van der Waals surface area contributed by atoms with Crippen molar-refractivity contribution < 1.29 is 4.79 Å². The topological polar surface area (TPSA) is 61.7 Å². The van der Waals surface area contributed by atoms with Gasteiger partial charge in [0.25, 0.3) is 0 Å². The fourth-order valence-electron chi connectivity index (χ4n) is 3.25. The molecule has 0 atom stereocenters. The highest BCUT2D eigenvalue weighted by Crippen LogP contribution is 2.27. The number of hydrogen-bond acceptors (Lipinski definition) is 2. The number of nitrogens with zero attached hydrogens (tertiary/aromatic N) is 3. The van der Waals surface area contributed by atoms with Gasteiger partial charge in [-0.05, 0) is 36.1 Å². The molecule has 0 saturated carbocycles. The molecule has 146 valence electrons. The number of carbonyl (C=O) groups is 1. The first kappa shape index (κ1) is 21.3. The third-order valence-electron chi connectivity index (χ3n) is 4.62. The molecule has 1 aromatic heterocycles. The van der Waals surface area contributed by atoms with Crippen LogP contribution in [0, 0.1) is 0 Å². The van der Waals surface area contributed by atoms with Crippen LogP contribution >= 0.6 is 24.0 Å². The maximum atomic E-state index is 12.5. The Hall–Kier alpha value is -2.03. The van der Waals surface area contributed by atoms with Gasteiger partial charge in [-0.1, -0.05) is 18.2 Å².